The lowest BCUT2D eigenvalue weighted by Crippen LogP contribution is -2.47. The second-order valence-corrected chi connectivity index (χ2v) is 13.3. The van der Waals surface area contributed by atoms with Crippen LogP contribution in [0.5, 0.6) is 0 Å². The van der Waals surface area contributed by atoms with Gasteiger partial charge in [0.05, 0.1) is 24.5 Å². The van der Waals surface area contributed by atoms with Gasteiger partial charge in [-0.05, 0) is 82.2 Å². The Balaban J connectivity index is 1.34. The molecule has 1 aromatic carbocycles. The van der Waals surface area contributed by atoms with Crippen LogP contribution in [-0.4, -0.2) is 68.0 Å². The van der Waals surface area contributed by atoms with Gasteiger partial charge >= 0.3 is 12.3 Å². The standard InChI is InChI=1S/C32H37F3N6O5/c1-19-17-31(11-13-39(14-12-31)29(44)46-30(2,3)4)24-25(19)37-28-40(26(38-41(28)27(24)43)20-9-15-45-16-10-20)18-23(42)36-22-7-5-21(6-8-22)32(33,34)35/h5-9,19H,10-18H2,1-4H3,(H,36,42)/t19-/m1/s1. The largest absolute Gasteiger partial charge is 0.444 e. The molecule has 1 N–H and O–H groups in total. The summed E-state index contributed by atoms with van der Waals surface area (Å²) >= 11 is 0. The van der Waals surface area contributed by atoms with E-state index in [-0.39, 0.29) is 35.6 Å². The van der Waals surface area contributed by atoms with Gasteiger partial charge in [0.25, 0.3) is 5.56 Å². The Kier molecular flexibility index (Phi) is 7.98. The number of hydrogen-bond acceptors (Lipinski definition) is 7. The highest BCUT2D eigenvalue weighted by Crippen LogP contribution is 2.49. The molecule has 46 heavy (non-hydrogen) atoms. The number of rotatable bonds is 4. The van der Waals surface area contributed by atoms with Gasteiger partial charge in [-0.1, -0.05) is 13.0 Å². The first-order chi connectivity index (χ1) is 21.6. The summed E-state index contributed by atoms with van der Waals surface area (Å²) in [4.78, 5) is 46.9. The third kappa shape index (κ3) is 6.02. The number of aromatic nitrogens is 4. The Morgan fingerprint density at radius 3 is 2.43 bits per heavy atom. The average Bonchev–Trinajstić information content (AvgIpc) is 3.48. The van der Waals surface area contributed by atoms with E-state index in [1.54, 1.807) is 9.47 Å². The number of ether oxygens (including phenoxy) is 2. The number of carbonyl (C=O) groups is 2. The van der Waals surface area contributed by atoms with Gasteiger partial charge in [0.2, 0.25) is 11.7 Å². The summed E-state index contributed by atoms with van der Waals surface area (Å²) in [5.41, 5.74) is 0.0620. The number of nitrogens with zero attached hydrogens (tertiary/aromatic N) is 5. The zero-order valence-corrected chi connectivity index (χ0v) is 26.2. The van der Waals surface area contributed by atoms with E-state index in [0.29, 0.717) is 69.1 Å². The first-order valence-corrected chi connectivity index (χ1v) is 15.4. The van der Waals surface area contributed by atoms with Crippen molar-refractivity contribution in [1.29, 1.82) is 0 Å². The molecule has 1 aliphatic carbocycles. The summed E-state index contributed by atoms with van der Waals surface area (Å²) in [5.74, 6) is 0.0580. The van der Waals surface area contributed by atoms with E-state index in [0.717, 1.165) is 17.7 Å². The quantitative estimate of drug-likeness (QED) is 0.419. The van der Waals surface area contributed by atoms with Crippen molar-refractivity contribution >= 4 is 29.0 Å². The number of amides is 2. The van der Waals surface area contributed by atoms with Crippen molar-refractivity contribution in [3.05, 3.63) is 63.3 Å². The highest BCUT2D eigenvalue weighted by Gasteiger charge is 2.49. The number of alkyl halides is 3. The molecule has 0 unspecified atom stereocenters. The van der Waals surface area contributed by atoms with Crippen LogP contribution in [0.1, 0.15) is 81.9 Å². The van der Waals surface area contributed by atoms with Crippen molar-refractivity contribution in [2.45, 2.75) is 83.0 Å². The zero-order chi connectivity index (χ0) is 33.0. The molecule has 2 aromatic heterocycles. The van der Waals surface area contributed by atoms with Gasteiger partial charge in [0, 0.05) is 29.8 Å². The van der Waals surface area contributed by atoms with Crippen LogP contribution in [0.15, 0.2) is 35.1 Å². The Bertz CT molecular complexity index is 1760. The predicted octanol–water partition coefficient (Wildman–Crippen LogP) is 5.13. The molecule has 2 aliphatic heterocycles. The normalized spacial score (nSPS) is 19.7. The highest BCUT2D eigenvalue weighted by molar-refractivity contribution is 5.91. The van der Waals surface area contributed by atoms with Crippen LogP contribution in [-0.2, 0) is 32.4 Å². The van der Waals surface area contributed by atoms with E-state index in [1.807, 2.05) is 33.8 Å². The SMILES string of the molecule is C[C@@H]1CC2(CCN(C(=O)OC(C)(C)C)CC2)c2c1nc1n(CC(=O)Nc3ccc(C(F)(F)F)cc3)c(C3=CCOCC3)nn1c2=O. The van der Waals surface area contributed by atoms with Crippen molar-refractivity contribution in [2.75, 3.05) is 31.6 Å². The predicted molar refractivity (Wildman–Crippen MR) is 162 cm³/mol. The molecule has 0 radical (unpaired) electrons. The summed E-state index contributed by atoms with van der Waals surface area (Å²) < 4.78 is 52.9. The molecule has 14 heteroatoms. The van der Waals surface area contributed by atoms with Crippen LogP contribution in [0, 0.1) is 0 Å². The highest BCUT2D eigenvalue weighted by atomic mass is 19.4. The van der Waals surface area contributed by atoms with Crippen molar-refractivity contribution < 1.29 is 32.2 Å². The fraction of sp³-hybridized carbons (Fsp3) is 0.531. The van der Waals surface area contributed by atoms with Crippen molar-refractivity contribution in [1.82, 2.24) is 24.1 Å². The summed E-state index contributed by atoms with van der Waals surface area (Å²) in [7, 11) is 0. The van der Waals surface area contributed by atoms with E-state index >= 15 is 0 Å². The molecule has 3 aromatic rings. The van der Waals surface area contributed by atoms with Crippen LogP contribution in [0.3, 0.4) is 0 Å². The molecule has 6 rings (SSSR count). The summed E-state index contributed by atoms with van der Waals surface area (Å²) in [5, 5.41) is 7.34. The molecule has 1 fully saturated rings. The van der Waals surface area contributed by atoms with Crippen LogP contribution in [0.25, 0.3) is 11.4 Å². The van der Waals surface area contributed by atoms with E-state index in [2.05, 4.69) is 10.4 Å². The van der Waals surface area contributed by atoms with Crippen LogP contribution in [0.4, 0.5) is 23.7 Å². The molecule has 246 valence electrons. The summed E-state index contributed by atoms with van der Waals surface area (Å²) in [6.45, 7) is 8.91. The van der Waals surface area contributed by atoms with Gasteiger partial charge in [-0.3, -0.25) is 14.2 Å². The molecular formula is C32H37F3N6O5. The van der Waals surface area contributed by atoms with Gasteiger partial charge in [-0.15, -0.1) is 5.10 Å². The molecule has 0 saturated carbocycles. The maximum Gasteiger partial charge on any atom is 0.416 e. The number of piperidine rings is 1. The van der Waals surface area contributed by atoms with Crippen LogP contribution in [0.2, 0.25) is 0 Å². The first kappa shape index (κ1) is 31.8. The second kappa shape index (κ2) is 11.6. The number of halogens is 3. The zero-order valence-electron chi connectivity index (χ0n) is 26.2. The molecule has 11 nitrogen and oxygen atoms in total. The number of hydrogen-bond donors (Lipinski definition) is 1. The summed E-state index contributed by atoms with van der Waals surface area (Å²) in [6, 6.07) is 4.19. The lowest BCUT2D eigenvalue weighted by atomic mass is 9.74. The first-order valence-electron chi connectivity index (χ1n) is 15.4. The third-order valence-electron chi connectivity index (χ3n) is 8.88. The third-order valence-corrected chi connectivity index (χ3v) is 8.88. The Morgan fingerprint density at radius 2 is 1.83 bits per heavy atom. The monoisotopic (exact) mass is 642 g/mol. The van der Waals surface area contributed by atoms with Gasteiger partial charge in [-0.2, -0.15) is 17.7 Å². The molecule has 2 amide bonds. The molecule has 1 spiro atoms. The number of anilines is 1. The fourth-order valence-corrected chi connectivity index (χ4v) is 6.76. The number of carbonyl (C=O) groups excluding carboxylic acids is 2. The van der Waals surface area contributed by atoms with E-state index in [4.69, 9.17) is 14.5 Å². The number of nitrogens with one attached hydrogen (secondary N) is 1. The summed E-state index contributed by atoms with van der Waals surface area (Å²) in [6.07, 6.45) is -0.639. The molecule has 3 aliphatic rings. The lowest BCUT2D eigenvalue weighted by Gasteiger charge is -2.39. The average molecular weight is 643 g/mol. The van der Waals surface area contributed by atoms with Crippen molar-refractivity contribution in [2.24, 2.45) is 0 Å². The number of fused-ring (bicyclic) bond motifs is 3. The maximum absolute atomic E-state index is 14.3. The van der Waals surface area contributed by atoms with Gasteiger partial charge in [-0.25, -0.2) is 9.78 Å². The number of likely N-dealkylation sites (tertiary alicyclic amines) is 1. The molecule has 1 saturated heterocycles. The Morgan fingerprint density at radius 1 is 1.13 bits per heavy atom. The minimum absolute atomic E-state index is 0.0455. The molecular weight excluding hydrogens is 605 g/mol. The maximum atomic E-state index is 14.3. The van der Waals surface area contributed by atoms with Crippen molar-refractivity contribution in [3.8, 4) is 0 Å². The minimum atomic E-state index is -4.49. The molecule has 1 atom stereocenters. The van der Waals surface area contributed by atoms with Crippen LogP contribution < -0.4 is 10.9 Å². The van der Waals surface area contributed by atoms with Gasteiger partial charge in [0.1, 0.15) is 12.1 Å². The minimum Gasteiger partial charge on any atom is -0.444 e. The molecule has 0 bridgehead atoms. The fourth-order valence-electron chi connectivity index (χ4n) is 6.76. The topological polar surface area (TPSA) is 120 Å². The van der Waals surface area contributed by atoms with Gasteiger partial charge < -0.3 is 19.7 Å². The van der Waals surface area contributed by atoms with E-state index in [9.17, 15) is 27.6 Å². The van der Waals surface area contributed by atoms with E-state index < -0.39 is 28.7 Å². The second-order valence-electron chi connectivity index (χ2n) is 13.3. The smallest absolute Gasteiger partial charge is 0.416 e. The number of benzene rings is 1. The van der Waals surface area contributed by atoms with Crippen molar-refractivity contribution in [3.63, 3.8) is 0 Å². The van der Waals surface area contributed by atoms with E-state index in [1.165, 1.54) is 16.6 Å². The molecule has 4 heterocycles. The Labute approximate surface area is 263 Å². The van der Waals surface area contributed by atoms with Crippen LogP contribution >= 0.6 is 0 Å². The Hall–Kier alpha value is -4.20. The van der Waals surface area contributed by atoms with Gasteiger partial charge in [0.15, 0.2) is 5.82 Å². The lowest BCUT2D eigenvalue weighted by molar-refractivity contribution is -0.137.